The summed E-state index contributed by atoms with van der Waals surface area (Å²) in [6, 6.07) is 18.6. The molecule has 2 aromatic carbocycles. The van der Waals surface area contributed by atoms with E-state index in [4.69, 9.17) is 4.98 Å². The minimum atomic E-state index is 0.112. The van der Waals surface area contributed by atoms with Crippen LogP contribution in [0.5, 0.6) is 0 Å². The van der Waals surface area contributed by atoms with Crippen molar-refractivity contribution >= 4 is 16.9 Å². The number of carbonyl (C=O) groups excluding carboxylic acids is 1. The zero-order chi connectivity index (χ0) is 23.8. The molecule has 184 valence electrons. The van der Waals surface area contributed by atoms with Crippen LogP contribution in [0.4, 0.5) is 0 Å². The highest BCUT2D eigenvalue weighted by Gasteiger charge is 2.11. The normalized spacial score (nSPS) is 11.2. The minimum Gasteiger partial charge on any atom is -0.356 e. The SMILES string of the molecule is CCCCCCCCCCCCn1c(CCNC(=O)CCc2ccccc2)nc2ccccc21. The van der Waals surface area contributed by atoms with E-state index in [1.165, 1.54) is 75.3 Å². The third-order valence-corrected chi connectivity index (χ3v) is 6.62. The van der Waals surface area contributed by atoms with E-state index in [0.717, 1.165) is 30.7 Å². The van der Waals surface area contributed by atoms with Gasteiger partial charge in [0.05, 0.1) is 11.0 Å². The van der Waals surface area contributed by atoms with Gasteiger partial charge in [-0.3, -0.25) is 4.79 Å². The Kier molecular flexibility index (Phi) is 11.7. The summed E-state index contributed by atoms with van der Waals surface area (Å²) in [5.41, 5.74) is 3.47. The molecule has 0 aliphatic carbocycles. The molecular formula is C30H43N3O. The van der Waals surface area contributed by atoms with Crippen molar-refractivity contribution in [1.82, 2.24) is 14.9 Å². The average Bonchev–Trinajstić information content (AvgIpc) is 3.22. The van der Waals surface area contributed by atoms with Gasteiger partial charge in [0.1, 0.15) is 5.82 Å². The quantitative estimate of drug-likeness (QED) is 0.215. The summed E-state index contributed by atoms with van der Waals surface area (Å²) in [6.07, 6.45) is 15.5. The maximum Gasteiger partial charge on any atom is 0.220 e. The molecule has 3 rings (SSSR count). The number of hydrogen-bond donors (Lipinski definition) is 1. The van der Waals surface area contributed by atoms with E-state index >= 15 is 0 Å². The molecule has 0 saturated heterocycles. The molecule has 0 unspecified atom stereocenters. The molecule has 0 aliphatic rings. The number of rotatable bonds is 17. The van der Waals surface area contributed by atoms with Gasteiger partial charge in [0.25, 0.3) is 0 Å². The van der Waals surface area contributed by atoms with Crippen molar-refractivity contribution in [3.05, 3.63) is 66.0 Å². The van der Waals surface area contributed by atoms with Crippen molar-refractivity contribution < 1.29 is 4.79 Å². The van der Waals surface area contributed by atoms with E-state index in [2.05, 4.69) is 53.2 Å². The number of nitrogens with one attached hydrogen (secondary N) is 1. The monoisotopic (exact) mass is 461 g/mol. The molecule has 0 fully saturated rings. The summed E-state index contributed by atoms with van der Waals surface area (Å²) >= 11 is 0. The molecule has 0 atom stereocenters. The Hall–Kier alpha value is -2.62. The standard InChI is InChI=1S/C30H43N3O/c1-2-3-4-5-6-7-8-9-10-16-25-33-28-20-15-14-19-27(28)32-29(33)23-24-31-30(34)22-21-26-17-12-11-13-18-26/h11-15,17-20H,2-10,16,21-25H2,1H3,(H,31,34). The number of imidazole rings is 1. The van der Waals surface area contributed by atoms with Gasteiger partial charge in [-0.1, -0.05) is 107 Å². The molecule has 1 heterocycles. The fourth-order valence-electron chi connectivity index (χ4n) is 4.63. The predicted molar refractivity (Wildman–Crippen MR) is 143 cm³/mol. The molecule has 1 amide bonds. The first-order chi connectivity index (χ1) is 16.8. The number of carbonyl (C=O) groups is 1. The first-order valence-corrected chi connectivity index (χ1v) is 13.5. The van der Waals surface area contributed by atoms with Gasteiger partial charge < -0.3 is 9.88 Å². The lowest BCUT2D eigenvalue weighted by molar-refractivity contribution is -0.121. The highest BCUT2D eigenvalue weighted by molar-refractivity contribution is 5.77. The Balaban J connectivity index is 1.40. The van der Waals surface area contributed by atoms with Gasteiger partial charge in [-0.05, 0) is 30.5 Å². The molecule has 0 spiro atoms. The third kappa shape index (κ3) is 8.96. The average molecular weight is 462 g/mol. The zero-order valence-electron chi connectivity index (χ0n) is 21.1. The van der Waals surface area contributed by atoms with Crippen LogP contribution in [-0.4, -0.2) is 22.0 Å². The van der Waals surface area contributed by atoms with Crippen molar-refractivity contribution in [2.75, 3.05) is 6.54 Å². The Morgan fingerprint density at radius 1 is 0.794 bits per heavy atom. The molecule has 4 heteroatoms. The summed E-state index contributed by atoms with van der Waals surface area (Å²) < 4.78 is 2.37. The topological polar surface area (TPSA) is 46.9 Å². The van der Waals surface area contributed by atoms with Crippen LogP contribution in [0.3, 0.4) is 0 Å². The number of fused-ring (bicyclic) bond motifs is 1. The fourth-order valence-corrected chi connectivity index (χ4v) is 4.63. The lowest BCUT2D eigenvalue weighted by atomic mass is 10.1. The summed E-state index contributed by atoms with van der Waals surface area (Å²) in [5.74, 6) is 1.20. The van der Waals surface area contributed by atoms with E-state index in [0.29, 0.717) is 13.0 Å². The summed E-state index contributed by atoms with van der Waals surface area (Å²) in [4.78, 5) is 17.2. The van der Waals surface area contributed by atoms with Gasteiger partial charge in [0, 0.05) is 25.9 Å². The largest absolute Gasteiger partial charge is 0.356 e. The number of para-hydroxylation sites is 2. The van der Waals surface area contributed by atoms with Crippen LogP contribution in [0, 0.1) is 0 Å². The zero-order valence-corrected chi connectivity index (χ0v) is 21.1. The van der Waals surface area contributed by atoms with Gasteiger partial charge in [-0.15, -0.1) is 0 Å². The summed E-state index contributed by atoms with van der Waals surface area (Å²) in [7, 11) is 0. The maximum absolute atomic E-state index is 12.3. The fraction of sp³-hybridized carbons (Fsp3) is 0.533. The number of aryl methyl sites for hydroxylation is 2. The van der Waals surface area contributed by atoms with Crippen molar-refractivity contribution in [2.24, 2.45) is 0 Å². The molecular weight excluding hydrogens is 418 g/mol. The summed E-state index contributed by atoms with van der Waals surface area (Å²) in [5, 5.41) is 3.09. The summed E-state index contributed by atoms with van der Waals surface area (Å²) in [6.45, 7) is 3.92. The molecule has 0 aliphatic heterocycles. The van der Waals surface area contributed by atoms with Gasteiger partial charge in [-0.25, -0.2) is 4.98 Å². The van der Waals surface area contributed by atoms with Crippen molar-refractivity contribution in [3.63, 3.8) is 0 Å². The van der Waals surface area contributed by atoms with E-state index < -0.39 is 0 Å². The lowest BCUT2D eigenvalue weighted by Crippen LogP contribution is -2.26. The van der Waals surface area contributed by atoms with Crippen LogP contribution in [0.1, 0.15) is 88.9 Å². The molecule has 0 bridgehead atoms. The number of unbranched alkanes of at least 4 members (excludes halogenated alkanes) is 9. The van der Waals surface area contributed by atoms with E-state index in [1.807, 2.05) is 18.2 Å². The molecule has 4 nitrogen and oxygen atoms in total. The molecule has 34 heavy (non-hydrogen) atoms. The number of amides is 1. The van der Waals surface area contributed by atoms with Crippen LogP contribution >= 0.6 is 0 Å². The Morgan fingerprint density at radius 2 is 1.44 bits per heavy atom. The number of benzene rings is 2. The number of nitrogens with zero attached hydrogens (tertiary/aromatic N) is 2. The van der Waals surface area contributed by atoms with Gasteiger partial charge in [-0.2, -0.15) is 0 Å². The second-order valence-electron chi connectivity index (χ2n) is 9.44. The van der Waals surface area contributed by atoms with Gasteiger partial charge >= 0.3 is 0 Å². The van der Waals surface area contributed by atoms with Crippen LogP contribution in [0.15, 0.2) is 54.6 Å². The first kappa shape index (κ1) is 26.0. The van der Waals surface area contributed by atoms with Crippen LogP contribution in [-0.2, 0) is 24.2 Å². The Morgan fingerprint density at radius 3 is 2.18 bits per heavy atom. The predicted octanol–water partition coefficient (Wildman–Crippen LogP) is 7.25. The maximum atomic E-state index is 12.3. The minimum absolute atomic E-state index is 0.112. The van der Waals surface area contributed by atoms with Crippen LogP contribution < -0.4 is 5.32 Å². The number of hydrogen-bond acceptors (Lipinski definition) is 2. The van der Waals surface area contributed by atoms with Gasteiger partial charge in [0.2, 0.25) is 5.91 Å². The van der Waals surface area contributed by atoms with Gasteiger partial charge in [0.15, 0.2) is 0 Å². The lowest BCUT2D eigenvalue weighted by Gasteiger charge is -2.10. The smallest absolute Gasteiger partial charge is 0.220 e. The van der Waals surface area contributed by atoms with Crippen molar-refractivity contribution in [1.29, 1.82) is 0 Å². The first-order valence-electron chi connectivity index (χ1n) is 13.5. The van der Waals surface area contributed by atoms with Crippen LogP contribution in [0.2, 0.25) is 0 Å². The van der Waals surface area contributed by atoms with Crippen LogP contribution in [0.25, 0.3) is 11.0 Å². The van der Waals surface area contributed by atoms with E-state index in [1.54, 1.807) is 0 Å². The van der Waals surface area contributed by atoms with E-state index in [-0.39, 0.29) is 5.91 Å². The molecule has 1 aromatic heterocycles. The molecule has 1 N–H and O–H groups in total. The molecule has 0 saturated carbocycles. The highest BCUT2D eigenvalue weighted by atomic mass is 16.1. The highest BCUT2D eigenvalue weighted by Crippen LogP contribution is 2.18. The Labute approximate surface area is 206 Å². The second-order valence-corrected chi connectivity index (χ2v) is 9.44. The second kappa shape index (κ2) is 15.3. The van der Waals surface area contributed by atoms with E-state index in [9.17, 15) is 4.79 Å². The third-order valence-electron chi connectivity index (χ3n) is 6.62. The molecule has 0 radical (unpaired) electrons. The van der Waals surface area contributed by atoms with Crippen molar-refractivity contribution in [2.45, 2.75) is 96.9 Å². The Bertz CT molecular complexity index is 964. The molecule has 3 aromatic rings. The number of aromatic nitrogens is 2. The van der Waals surface area contributed by atoms with Crippen molar-refractivity contribution in [3.8, 4) is 0 Å².